The summed E-state index contributed by atoms with van der Waals surface area (Å²) in [5.41, 5.74) is 1.17. The van der Waals surface area contributed by atoms with E-state index in [1.807, 2.05) is 32.9 Å². The van der Waals surface area contributed by atoms with Gasteiger partial charge in [-0.25, -0.2) is 4.68 Å². The molecule has 0 spiro atoms. The number of aryl methyl sites for hydroxylation is 3. The number of carbonyl (C=O) groups is 2. The van der Waals surface area contributed by atoms with Crippen molar-refractivity contribution in [2.75, 3.05) is 19.0 Å². The van der Waals surface area contributed by atoms with Crippen molar-refractivity contribution in [3.8, 4) is 11.7 Å². The van der Waals surface area contributed by atoms with Crippen molar-refractivity contribution in [1.82, 2.24) is 25.3 Å². The second kappa shape index (κ2) is 9.27. The quantitative estimate of drug-likeness (QED) is 0.583. The van der Waals surface area contributed by atoms with Crippen molar-refractivity contribution in [1.29, 1.82) is 0 Å². The number of benzene rings is 1. The number of nitrogens with one attached hydrogen (secondary N) is 2. The molecule has 9 nitrogen and oxygen atoms in total. The smallest absolute Gasteiger partial charge is 0.434 e. The zero-order chi connectivity index (χ0) is 24.3. The lowest BCUT2D eigenvalue weighted by molar-refractivity contribution is -0.143. The van der Waals surface area contributed by atoms with Crippen LogP contribution in [0, 0.1) is 20.8 Å². The highest BCUT2D eigenvalue weighted by atomic mass is 19.4. The van der Waals surface area contributed by atoms with Crippen LogP contribution >= 0.6 is 0 Å². The molecule has 2 N–H and O–H groups in total. The Morgan fingerprint density at radius 2 is 1.76 bits per heavy atom. The van der Waals surface area contributed by atoms with Crippen LogP contribution in [0.4, 0.5) is 18.9 Å². The summed E-state index contributed by atoms with van der Waals surface area (Å²) in [7, 11) is 1.33. The monoisotopic (exact) mass is 462 g/mol. The second-order valence-corrected chi connectivity index (χ2v) is 7.25. The molecule has 0 aliphatic carbocycles. The maximum absolute atomic E-state index is 13.7. The van der Waals surface area contributed by atoms with Crippen molar-refractivity contribution in [2.45, 2.75) is 26.9 Å². The van der Waals surface area contributed by atoms with E-state index >= 15 is 0 Å². The summed E-state index contributed by atoms with van der Waals surface area (Å²) < 4.78 is 46.5. The van der Waals surface area contributed by atoms with E-state index in [1.165, 1.54) is 19.2 Å². The summed E-state index contributed by atoms with van der Waals surface area (Å²) in [5.74, 6) is -1.85. The number of anilines is 1. The molecule has 2 heterocycles. The number of rotatable bonds is 6. The first-order valence-corrected chi connectivity index (χ1v) is 9.70. The molecule has 33 heavy (non-hydrogen) atoms. The molecule has 0 aliphatic heterocycles. The van der Waals surface area contributed by atoms with Gasteiger partial charge in [0.05, 0.1) is 25.4 Å². The van der Waals surface area contributed by atoms with Crippen molar-refractivity contribution in [3.05, 3.63) is 58.4 Å². The molecule has 0 saturated heterocycles. The van der Waals surface area contributed by atoms with Crippen molar-refractivity contribution in [3.63, 3.8) is 0 Å². The Labute approximate surface area is 187 Å². The lowest BCUT2D eigenvalue weighted by Crippen LogP contribution is -2.34. The van der Waals surface area contributed by atoms with Crippen LogP contribution in [0.5, 0.6) is 5.88 Å². The van der Waals surface area contributed by atoms with E-state index in [0.717, 1.165) is 22.9 Å². The van der Waals surface area contributed by atoms with E-state index in [9.17, 15) is 22.8 Å². The third kappa shape index (κ3) is 5.27. The van der Waals surface area contributed by atoms with Crippen LogP contribution in [0.15, 0.2) is 30.5 Å². The molecular weight excluding hydrogens is 441 g/mol. The van der Waals surface area contributed by atoms with E-state index in [-0.39, 0.29) is 11.7 Å². The molecule has 0 aliphatic rings. The number of methoxy groups -OCH3 is 1. The minimum absolute atomic E-state index is 0.0995. The minimum Gasteiger partial charge on any atom is -0.480 e. The Morgan fingerprint density at radius 1 is 1.09 bits per heavy atom. The van der Waals surface area contributed by atoms with E-state index in [1.54, 1.807) is 0 Å². The molecule has 12 heteroatoms. The van der Waals surface area contributed by atoms with Crippen molar-refractivity contribution in [2.24, 2.45) is 0 Å². The van der Waals surface area contributed by atoms with Gasteiger partial charge in [-0.1, -0.05) is 17.7 Å². The maximum atomic E-state index is 13.7. The summed E-state index contributed by atoms with van der Waals surface area (Å²) >= 11 is 0. The van der Waals surface area contributed by atoms with E-state index in [0.29, 0.717) is 10.4 Å². The Bertz CT molecular complexity index is 1170. The third-order valence-corrected chi connectivity index (χ3v) is 4.69. The molecule has 2 aromatic heterocycles. The number of hydrogen-bond donors (Lipinski definition) is 2. The van der Waals surface area contributed by atoms with E-state index in [4.69, 9.17) is 4.74 Å². The van der Waals surface area contributed by atoms with Gasteiger partial charge < -0.3 is 15.4 Å². The normalized spacial score (nSPS) is 11.2. The van der Waals surface area contributed by atoms with Crippen LogP contribution in [0.25, 0.3) is 5.82 Å². The largest absolute Gasteiger partial charge is 0.480 e. The average molecular weight is 462 g/mol. The number of carbonyl (C=O) groups excluding carboxylic acids is 2. The number of hydrogen-bond acceptors (Lipinski definition) is 6. The standard InChI is InChI=1S/C21H21F3N6O3/c1-11-7-12(2)18(13(3)8-11)27-16(31)10-25-20(32)14-9-26-30(19(14)21(22,23)24)15-5-6-17(33-4)29-28-15/h5-9H,10H2,1-4H3,(H,25,32)(H,27,31). The first kappa shape index (κ1) is 23.7. The second-order valence-electron chi connectivity index (χ2n) is 7.25. The van der Waals surface area contributed by atoms with Crippen LogP contribution in [-0.2, 0) is 11.0 Å². The molecule has 3 aromatic rings. The molecule has 3 rings (SSSR count). The fourth-order valence-corrected chi connectivity index (χ4v) is 3.31. The number of amides is 2. The predicted molar refractivity (Wildman–Crippen MR) is 112 cm³/mol. The van der Waals surface area contributed by atoms with Gasteiger partial charge in [0, 0.05) is 11.8 Å². The van der Waals surface area contributed by atoms with Gasteiger partial charge in [0.25, 0.3) is 5.91 Å². The van der Waals surface area contributed by atoms with Gasteiger partial charge in [0.2, 0.25) is 11.8 Å². The van der Waals surface area contributed by atoms with Gasteiger partial charge in [-0.3, -0.25) is 9.59 Å². The number of aromatic nitrogens is 4. The highest BCUT2D eigenvalue weighted by Crippen LogP contribution is 2.33. The van der Waals surface area contributed by atoms with Crippen LogP contribution in [-0.4, -0.2) is 45.4 Å². The highest BCUT2D eigenvalue weighted by Gasteiger charge is 2.41. The maximum Gasteiger partial charge on any atom is 0.434 e. The molecule has 1 aromatic carbocycles. The van der Waals surface area contributed by atoms with Crippen molar-refractivity contribution >= 4 is 17.5 Å². The Morgan fingerprint density at radius 3 is 2.30 bits per heavy atom. The molecule has 0 saturated carbocycles. The summed E-state index contributed by atoms with van der Waals surface area (Å²) in [4.78, 5) is 24.8. The Hall–Kier alpha value is -3.96. The lowest BCUT2D eigenvalue weighted by Gasteiger charge is -2.14. The fraction of sp³-hybridized carbons (Fsp3) is 0.286. The highest BCUT2D eigenvalue weighted by molar-refractivity contribution is 6.00. The van der Waals surface area contributed by atoms with E-state index < -0.39 is 35.8 Å². The summed E-state index contributed by atoms with van der Waals surface area (Å²) in [5, 5.41) is 15.8. The molecular formula is C21H21F3N6O3. The Kier molecular flexibility index (Phi) is 6.65. The van der Waals surface area contributed by atoms with Crippen LogP contribution in [0.2, 0.25) is 0 Å². The van der Waals surface area contributed by atoms with Gasteiger partial charge in [0.15, 0.2) is 11.5 Å². The molecule has 0 fully saturated rings. The number of ether oxygens (including phenoxy) is 1. The molecule has 0 bridgehead atoms. The topological polar surface area (TPSA) is 111 Å². The number of halogens is 3. The van der Waals surface area contributed by atoms with Crippen LogP contribution in [0.1, 0.15) is 32.7 Å². The predicted octanol–water partition coefficient (Wildman–Crippen LogP) is 2.98. The third-order valence-electron chi connectivity index (χ3n) is 4.69. The first-order chi connectivity index (χ1) is 15.5. The fourth-order valence-electron chi connectivity index (χ4n) is 3.31. The zero-order valence-electron chi connectivity index (χ0n) is 18.2. The minimum atomic E-state index is -4.93. The van der Waals surface area contributed by atoms with E-state index in [2.05, 4.69) is 25.9 Å². The Balaban J connectivity index is 1.78. The van der Waals surface area contributed by atoms with Crippen LogP contribution in [0.3, 0.4) is 0 Å². The van der Waals surface area contributed by atoms with Gasteiger partial charge in [-0.05, 0) is 38.0 Å². The molecule has 0 atom stereocenters. The van der Waals surface area contributed by atoms with Crippen molar-refractivity contribution < 1.29 is 27.5 Å². The average Bonchev–Trinajstić information content (AvgIpc) is 3.20. The zero-order valence-corrected chi connectivity index (χ0v) is 18.2. The molecule has 174 valence electrons. The lowest BCUT2D eigenvalue weighted by atomic mass is 10.1. The SMILES string of the molecule is COc1ccc(-n2ncc(C(=O)NCC(=O)Nc3c(C)cc(C)cc3C)c2C(F)(F)F)nn1. The molecule has 0 radical (unpaired) electrons. The molecule has 2 amide bonds. The summed E-state index contributed by atoms with van der Waals surface area (Å²) in [6.07, 6.45) is -4.17. The van der Waals surface area contributed by atoms with Crippen LogP contribution < -0.4 is 15.4 Å². The number of nitrogens with zero attached hydrogens (tertiary/aromatic N) is 4. The van der Waals surface area contributed by atoms with Gasteiger partial charge in [0.1, 0.15) is 0 Å². The van der Waals surface area contributed by atoms with Gasteiger partial charge in [-0.2, -0.15) is 18.3 Å². The first-order valence-electron chi connectivity index (χ1n) is 9.70. The number of alkyl halides is 3. The molecule has 0 unspecified atom stereocenters. The van der Waals surface area contributed by atoms with Gasteiger partial charge in [-0.15, -0.1) is 10.2 Å². The van der Waals surface area contributed by atoms with Gasteiger partial charge >= 0.3 is 6.18 Å². The summed E-state index contributed by atoms with van der Waals surface area (Å²) in [6.45, 7) is 5.03. The summed E-state index contributed by atoms with van der Waals surface area (Å²) in [6, 6.07) is 6.29.